The van der Waals surface area contributed by atoms with Crippen molar-refractivity contribution in [1.82, 2.24) is 20.4 Å². The minimum Gasteiger partial charge on any atom is -0.301 e. The number of rotatable bonds is 4. The summed E-state index contributed by atoms with van der Waals surface area (Å²) in [7, 11) is 0. The fourth-order valence-electron chi connectivity index (χ4n) is 1.85. The molecule has 0 spiro atoms. The van der Waals surface area contributed by atoms with Crippen molar-refractivity contribution in [2.75, 3.05) is 18.5 Å². The molecular weight excluding hydrogens is 202 g/mol. The van der Waals surface area contributed by atoms with E-state index in [1.165, 1.54) is 19.3 Å². The predicted octanol–water partition coefficient (Wildman–Crippen LogP) is 1.41. The molecule has 0 atom stereocenters. The van der Waals surface area contributed by atoms with Crippen LogP contribution in [-0.4, -0.2) is 33.5 Å². The summed E-state index contributed by atoms with van der Waals surface area (Å²) in [6.45, 7) is 5.86. The van der Waals surface area contributed by atoms with Crippen LogP contribution >= 0.6 is 0 Å². The summed E-state index contributed by atoms with van der Waals surface area (Å²) >= 11 is 0. The van der Waals surface area contributed by atoms with Gasteiger partial charge in [-0.1, -0.05) is 12.5 Å². The molecule has 86 valence electrons. The zero-order chi connectivity index (χ0) is 11.2. The molecule has 5 heteroatoms. The van der Waals surface area contributed by atoms with Gasteiger partial charge >= 0.3 is 0 Å². The van der Waals surface area contributed by atoms with Crippen LogP contribution in [0.4, 0.5) is 5.82 Å². The van der Waals surface area contributed by atoms with Crippen molar-refractivity contribution < 1.29 is 0 Å². The number of piperidine rings is 1. The number of hydrogen-bond acceptors (Lipinski definition) is 5. The Kier molecular flexibility index (Phi) is 3.82. The highest BCUT2D eigenvalue weighted by atomic mass is 15.5. The number of anilines is 1. The van der Waals surface area contributed by atoms with Crippen LogP contribution in [0.25, 0.3) is 0 Å². The lowest BCUT2D eigenvalue weighted by atomic mass is 10.2. The Hall–Kier alpha value is -1.49. The van der Waals surface area contributed by atoms with Crippen LogP contribution in [0.2, 0.25) is 0 Å². The minimum absolute atomic E-state index is 0.763. The van der Waals surface area contributed by atoms with Gasteiger partial charge in [-0.3, -0.25) is 0 Å². The average Bonchev–Trinajstić information content (AvgIpc) is 2.33. The molecule has 0 bridgehead atoms. The average molecular weight is 219 g/mol. The minimum atomic E-state index is 0.763. The Labute approximate surface area is 95.5 Å². The van der Waals surface area contributed by atoms with Crippen LogP contribution < -0.4 is 5.43 Å². The van der Waals surface area contributed by atoms with Crippen molar-refractivity contribution in [2.45, 2.75) is 25.7 Å². The van der Waals surface area contributed by atoms with E-state index in [4.69, 9.17) is 0 Å². The van der Waals surface area contributed by atoms with E-state index in [0.717, 1.165) is 30.9 Å². The van der Waals surface area contributed by atoms with E-state index < -0.39 is 0 Å². The van der Waals surface area contributed by atoms with Gasteiger partial charge in [-0.25, -0.2) is 5.01 Å². The number of hydrazine groups is 1. The van der Waals surface area contributed by atoms with Crippen LogP contribution in [0.5, 0.6) is 0 Å². The van der Waals surface area contributed by atoms with Gasteiger partial charge in [0.25, 0.3) is 0 Å². The van der Waals surface area contributed by atoms with Gasteiger partial charge < -0.3 is 5.43 Å². The third kappa shape index (κ3) is 2.76. The molecule has 2 rings (SSSR count). The van der Waals surface area contributed by atoms with Crippen LogP contribution in [0.1, 0.15) is 24.8 Å². The van der Waals surface area contributed by atoms with Crippen molar-refractivity contribution >= 4 is 5.82 Å². The molecule has 1 N–H and O–H groups in total. The first-order valence-electron chi connectivity index (χ1n) is 5.70. The Bertz CT molecular complexity index is 346. The zero-order valence-electron chi connectivity index (χ0n) is 9.39. The Morgan fingerprint density at radius 1 is 1.38 bits per heavy atom. The lowest BCUT2D eigenvalue weighted by Gasteiger charge is -2.27. The van der Waals surface area contributed by atoms with Crippen LogP contribution in [0.15, 0.2) is 18.9 Å². The molecule has 16 heavy (non-hydrogen) atoms. The topological polar surface area (TPSA) is 53.9 Å². The van der Waals surface area contributed by atoms with Gasteiger partial charge in [0, 0.05) is 18.7 Å². The summed E-state index contributed by atoms with van der Waals surface area (Å²) in [5.74, 6) is 0.803. The molecule has 1 aromatic heterocycles. The van der Waals surface area contributed by atoms with E-state index in [-0.39, 0.29) is 0 Å². The quantitative estimate of drug-likeness (QED) is 0.776. The molecule has 0 aromatic carbocycles. The highest BCUT2D eigenvalue weighted by molar-refractivity contribution is 5.41. The number of nitrogens with zero attached hydrogens (tertiary/aromatic N) is 4. The first-order chi connectivity index (χ1) is 7.90. The summed E-state index contributed by atoms with van der Waals surface area (Å²) in [5.41, 5.74) is 4.34. The zero-order valence-corrected chi connectivity index (χ0v) is 9.39. The molecule has 2 heterocycles. The Morgan fingerprint density at radius 2 is 2.19 bits per heavy atom. The standard InChI is InChI=1S/C11H17N5/c1-2-6-10-9-12-15-13-11(10)14-16-7-4-3-5-8-16/h2,9H,1,3-8H2,(H,12,13,14). The molecule has 0 unspecified atom stereocenters. The van der Waals surface area contributed by atoms with Crippen molar-refractivity contribution in [3.63, 3.8) is 0 Å². The van der Waals surface area contributed by atoms with E-state index in [1.807, 2.05) is 6.08 Å². The fourth-order valence-corrected chi connectivity index (χ4v) is 1.85. The third-order valence-corrected chi connectivity index (χ3v) is 2.70. The van der Waals surface area contributed by atoms with Crippen LogP contribution in [0.3, 0.4) is 0 Å². The molecule has 0 amide bonds. The smallest absolute Gasteiger partial charge is 0.169 e. The van der Waals surface area contributed by atoms with Crippen molar-refractivity contribution in [3.8, 4) is 0 Å². The summed E-state index contributed by atoms with van der Waals surface area (Å²) < 4.78 is 0. The second-order valence-corrected chi connectivity index (χ2v) is 3.96. The maximum Gasteiger partial charge on any atom is 0.169 e. The van der Waals surface area contributed by atoms with Gasteiger partial charge in [-0.2, -0.15) is 0 Å². The van der Waals surface area contributed by atoms with E-state index in [2.05, 4.69) is 32.4 Å². The monoisotopic (exact) mass is 219 g/mol. The van der Waals surface area contributed by atoms with E-state index in [1.54, 1.807) is 6.20 Å². The number of hydrogen-bond donors (Lipinski definition) is 1. The van der Waals surface area contributed by atoms with Gasteiger partial charge in [0.05, 0.1) is 6.20 Å². The molecular formula is C11H17N5. The first kappa shape index (κ1) is 11.0. The molecule has 0 aliphatic carbocycles. The highest BCUT2D eigenvalue weighted by Gasteiger charge is 2.12. The van der Waals surface area contributed by atoms with Gasteiger partial charge in [-0.15, -0.1) is 16.8 Å². The Morgan fingerprint density at radius 3 is 2.94 bits per heavy atom. The summed E-state index contributed by atoms with van der Waals surface area (Å²) in [5, 5.41) is 13.7. The maximum atomic E-state index is 4.03. The van der Waals surface area contributed by atoms with E-state index >= 15 is 0 Å². The molecule has 0 saturated carbocycles. The molecule has 1 aromatic rings. The van der Waals surface area contributed by atoms with Crippen LogP contribution in [-0.2, 0) is 6.42 Å². The molecule has 5 nitrogen and oxygen atoms in total. The van der Waals surface area contributed by atoms with Gasteiger partial charge in [0.15, 0.2) is 5.82 Å². The molecule has 1 saturated heterocycles. The largest absolute Gasteiger partial charge is 0.301 e. The van der Waals surface area contributed by atoms with Crippen LogP contribution in [0, 0.1) is 0 Å². The van der Waals surface area contributed by atoms with Gasteiger partial charge in [0.1, 0.15) is 0 Å². The molecule has 1 aliphatic rings. The second-order valence-electron chi connectivity index (χ2n) is 3.96. The third-order valence-electron chi connectivity index (χ3n) is 2.70. The summed E-state index contributed by atoms with van der Waals surface area (Å²) in [4.78, 5) is 0. The van der Waals surface area contributed by atoms with Gasteiger partial charge in [-0.05, 0) is 24.5 Å². The normalized spacial score (nSPS) is 17.0. The Balaban J connectivity index is 2.04. The van der Waals surface area contributed by atoms with Gasteiger partial charge in [0.2, 0.25) is 0 Å². The number of nitrogens with one attached hydrogen (secondary N) is 1. The van der Waals surface area contributed by atoms with Crippen molar-refractivity contribution in [2.24, 2.45) is 0 Å². The first-order valence-corrected chi connectivity index (χ1v) is 5.70. The molecule has 0 radical (unpaired) electrons. The molecule has 1 fully saturated rings. The SMILES string of the molecule is C=CCc1cnnnc1NN1CCCCC1. The van der Waals surface area contributed by atoms with Crippen molar-refractivity contribution in [3.05, 3.63) is 24.4 Å². The highest BCUT2D eigenvalue weighted by Crippen LogP contribution is 2.14. The lowest BCUT2D eigenvalue weighted by molar-refractivity contribution is 0.271. The van der Waals surface area contributed by atoms with E-state index in [9.17, 15) is 0 Å². The van der Waals surface area contributed by atoms with Crippen molar-refractivity contribution in [1.29, 1.82) is 0 Å². The second kappa shape index (κ2) is 5.55. The number of aromatic nitrogens is 3. The lowest BCUT2D eigenvalue weighted by Crippen LogP contribution is -2.35. The number of allylic oxidation sites excluding steroid dienone is 1. The fraction of sp³-hybridized carbons (Fsp3) is 0.545. The molecule has 1 aliphatic heterocycles. The maximum absolute atomic E-state index is 4.03. The summed E-state index contributed by atoms with van der Waals surface area (Å²) in [6, 6.07) is 0. The predicted molar refractivity (Wildman–Crippen MR) is 62.8 cm³/mol. The summed E-state index contributed by atoms with van der Waals surface area (Å²) in [6.07, 6.45) is 8.14. The van der Waals surface area contributed by atoms with E-state index in [0.29, 0.717) is 0 Å².